The summed E-state index contributed by atoms with van der Waals surface area (Å²) in [4.78, 5) is 0. The highest BCUT2D eigenvalue weighted by molar-refractivity contribution is 5.12. The molecule has 0 aromatic carbocycles. The Hall–Kier alpha value is -0.0800. The van der Waals surface area contributed by atoms with Crippen LogP contribution in [0.1, 0.15) is 79.6 Å². The third-order valence-electron chi connectivity index (χ3n) is 8.51. The molecule has 3 saturated carbocycles. The number of rotatable bonds is 1. The number of hydrogen-bond donors (Lipinski definition) is 2. The van der Waals surface area contributed by atoms with Crippen molar-refractivity contribution in [1.82, 2.24) is 0 Å². The highest BCUT2D eigenvalue weighted by atomic mass is 16.3. The average molecular weight is 309 g/mol. The van der Waals surface area contributed by atoms with Crippen LogP contribution in [0.3, 0.4) is 0 Å². The van der Waals surface area contributed by atoms with Crippen molar-refractivity contribution in [3.8, 4) is 0 Å². The summed E-state index contributed by atoms with van der Waals surface area (Å²) in [6.45, 7) is 11.9. The Morgan fingerprint density at radius 2 is 1.45 bits per heavy atom. The zero-order chi connectivity index (χ0) is 16.4. The normalized spacial score (nSPS) is 54.4. The Morgan fingerprint density at radius 1 is 0.818 bits per heavy atom. The van der Waals surface area contributed by atoms with E-state index in [1.807, 2.05) is 6.92 Å². The van der Waals surface area contributed by atoms with Crippen LogP contribution in [-0.2, 0) is 0 Å². The fraction of sp³-hybridized carbons (Fsp3) is 1.00. The molecule has 2 heteroatoms. The molecule has 0 amide bonds. The topological polar surface area (TPSA) is 40.5 Å². The molecule has 0 aromatic rings. The first-order valence-electron chi connectivity index (χ1n) is 9.41. The van der Waals surface area contributed by atoms with E-state index in [1.54, 1.807) is 0 Å². The van der Waals surface area contributed by atoms with Crippen molar-refractivity contribution in [2.75, 3.05) is 6.61 Å². The zero-order valence-electron chi connectivity index (χ0n) is 15.3. The van der Waals surface area contributed by atoms with E-state index < -0.39 is 5.60 Å². The van der Waals surface area contributed by atoms with Gasteiger partial charge in [0, 0.05) is 12.5 Å². The van der Waals surface area contributed by atoms with Crippen LogP contribution in [0.4, 0.5) is 0 Å². The Kier molecular flexibility index (Phi) is 3.78. The fourth-order valence-electron chi connectivity index (χ4n) is 7.49. The summed E-state index contributed by atoms with van der Waals surface area (Å²) >= 11 is 0. The maximum atomic E-state index is 10.9. The molecule has 0 radical (unpaired) electrons. The van der Waals surface area contributed by atoms with Crippen LogP contribution in [0.15, 0.2) is 0 Å². The van der Waals surface area contributed by atoms with Crippen LogP contribution in [-0.4, -0.2) is 22.4 Å². The zero-order valence-corrected chi connectivity index (χ0v) is 15.3. The largest absolute Gasteiger partial charge is 0.396 e. The smallest absolute Gasteiger partial charge is 0.0675 e. The number of hydrogen-bond acceptors (Lipinski definition) is 2. The van der Waals surface area contributed by atoms with Gasteiger partial charge in [0.05, 0.1) is 5.60 Å². The molecule has 22 heavy (non-hydrogen) atoms. The van der Waals surface area contributed by atoms with E-state index in [-0.39, 0.29) is 17.9 Å². The maximum Gasteiger partial charge on any atom is 0.0675 e. The summed E-state index contributed by atoms with van der Waals surface area (Å²) < 4.78 is 0. The van der Waals surface area contributed by atoms with Crippen LogP contribution in [0.5, 0.6) is 0 Å². The monoisotopic (exact) mass is 308 g/mol. The molecule has 0 saturated heterocycles. The second-order valence-corrected chi connectivity index (χ2v) is 10.1. The van der Waals surface area contributed by atoms with Gasteiger partial charge < -0.3 is 10.2 Å². The molecule has 0 aromatic heterocycles. The number of fused-ring (bicyclic) bond motifs is 3. The molecule has 3 aliphatic carbocycles. The molecule has 2 N–H and O–H groups in total. The minimum atomic E-state index is -0.701. The van der Waals surface area contributed by atoms with Crippen LogP contribution < -0.4 is 0 Å². The van der Waals surface area contributed by atoms with E-state index >= 15 is 0 Å². The summed E-state index contributed by atoms with van der Waals surface area (Å²) in [5, 5.41) is 20.9. The average Bonchev–Trinajstić information content (AvgIpc) is 2.35. The van der Waals surface area contributed by atoms with E-state index in [2.05, 4.69) is 27.7 Å². The third-order valence-corrected chi connectivity index (χ3v) is 8.51. The van der Waals surface area contributed by atoms with Gasteiger partial charge in [-0.1, -0.05) is 34.1 Å². The molecule has 6 unspecified atom stereocenters. The molecule has 0 spiro atoms. The van der Waals surface area contributed by atoms with Gasteiger partial charge in [0.1, 0.15) is 0 Å². The summed E-state index contributed by atoms with van der Waals surface area (Å²) in [7, 11) is 0. The van der Waals surface area contributed by atoms with Crippen molar-refractivity contribution in [1.29, 1.82) is 0 Å². The summed E-state index contributed by atoms with van der Waals surface area (Å²) in [5.74, 6) is 1.48. The lowest BCUT2D eigenvalue weighted by atomic mass is 9.38. The fourth-order valence-corrected chi connectivity index (χ4v) is 7.49. The Morgan fingerprint density at radius 3 is 2.09 bits per heavy atom. The molecule has 2 nitrogen and oxygen atoms in total. The van der Waals surface area contributed by atoms with Crippen molar-refractivity contribution < 1.29 is 10.2 Å². The van der Waals surface area contributed by atoms with Gasteiger partial charge in [-0.25, -0.2) is 0 Å². The lowest BCUT2D eigenvalue weighted by Crippen LogP contribution is -2.63. The van der Waals surface area contributed by atoms with Gasteiger partial charge in [-0.15, -0.1) is 0 Å². The van der Waals surface area contributed by atoms with Crippen LogP contribution in [0.25, 0.3) is 0 Å². The van der Waals surface area contributed by atoms with Crippen molar-refractivity contribution in [2.24, 2.45) is 34.0 Å². The van der Waals surface area contributed by atoms with Crippen molar-refractivity contribution in [2.45, 2.75) is 85.2 Å². The molecular weight excluding hydrogens is 272 g/mol. The Bertz CT molecular complexity index is 425. The van der Waals surface area contributed by atoms with Gasteiger partial charge >= 0.3 is 0 Å². The first-order chi connectivity index (χ1) is 10.1. The first kappa shape index (κ1) is 16.8. The molecule has 0 bridgehead atoms. The van der Waals surface area contributed by atoms with Crippen LogP contribution in [0.2, 0.25) is 0 Å². The van der Waals surface area contributed by atoms with E-state index in [1.165, 1.54) is 32.1 Å². The van der Waals surface area contributed by atoms with Crippen molar-refractivity contribution in [3.05, 3.63) is 0 Å². The lowest BCUT2D eigenvalue weighted by Gasteiger charge is -2.67. The molecule has 128 valence electrons. The summed E-state index contributed by atoms with van der Waals surface area (Å²) in [6, 6.07) is 0. The predicted molar refractivity (Wildman–Crippen MR) is 90.5 cm³/mol. The van der Waals surface area contributed by atoms with Gasteiger partial charge in [-0.3, -0.25) is 0 Å². The van der Waals surface area contributed by atoms with Gasteiger partial charge in [0.15, 0.2) is 0 Å². The third kappa shape index (κ3) is 2.13. The molecule has 0 aliphatic heterocycles. The molecular formula is C20H36O2. The predicted octanol–water partition coefficient (Wildman–Crippen LogP) is 4.39. The standard InChI is InChI=1S/C20H36O2/c1-17(2)9-6-10-18(3)14(17)7-11-19(4)15(18)8-12-20(5,22)16(19)13-21/h14-16,21-22H,6-13H2,1-5H3. The quantitative estimate of drug-likeness (QED) is 0.754. The molecule has 6 atom stereocenters. The Balaban J connectivity index is 2.01. The lowest BCUT2D eigenvalue weighted by molar-refractivity contribution is -0.217. The highest BCUT2D eigenvalue weighted by Gasteiger charge is 2.63. The van der Waals surface area contributed by atoms with E-state index in [9.17, 15) is 10.2 Å². The number of aliphatic hydroxyl groups is 2. The van der Waals surface area contributed by atoms with Crippen molar-refractivity contribution in [3.63, 3.8) is 0 Å². The van der Waals surface area contributed by atoms with Gasteiger partial charge in [-0.2, -0.15) is 0 Å². The first-order valence-corrected chi connectivity index (χ1v) is 9.41. The minimum absolute atomic E-state index is 0.0292. The van der Waals surface area contributed by atoms with E-state index in [4.69, 9.17) is 0 Å². The Labute approximate surface area is 136 Å². The number of aliphatic hydroxyl groups excluding tert-OH is 1. The minimum Gasteiger partial charge on any atom is -0.396 e. The summed E-state index contributed by atoms with van der Waals surface area (Å²) in [5.41, 5.74) is 0.226. The second kappa shape index (κ2) is 4.96. The second-order valence-electron chi connectivity index (χ2n) is 10.1. The van der Waals surface area contributed by atoms with Gasteiger partial charge in [0.25, 0.3) is 0 Å². The van der Waals surface area contributed by atoms with Crippen LogP contribution in [0, 0.1) is 34.0 Å². The maximum absolute atomic E-state index is 10.9. The molecule has 3 aliphatic rings. The molecule has 3 fully saturated rings. The molecule has 3 rings (SSSR count). The highest BCUT2D eigenvalue weighted by Crippen LogP contribution is 2.69. The SMILES string of the molecule is CC1(C)CCCC2(C)C1CCC1(C)C(CO)C(C)(O)CCC21. The van der Waals surface area contributed by atoms with Gasteiger partial charge in [0.2, 0.25) is 0 Å². The molecule has 0 heterocycles. The van der Waals surface area contributed by atoms with E-state index in [0.29, 0.717) is 16.7 Å². The van der Waals surface area contributed by atoms with E-state index in [0.717, 1.165) is 18.8 Å². The van der Waals surface area contributed by atoms with Crippen molar-refractivity contribution >= 4 is 0 Å². The van der Waals surface area contributed by atoms with Crippen LogP contribution >= 0.6 is 0 Å². The van der Waals surface area contributed by atoms with Gasteiger partial charge in [-0.05, 0) is 73.5 Å². The summed E-state index contributed by atoms with van der Waals surface area (Å²) in [6.07, 6.45) is 8.45.